The van der Waals surface area contributed by atoms with Crippen LogP contribution in [0, 0.1) is 0 Å². The van der Waals surface area contributed by atoms with Crippen LogP contribution < -0.4 is 4.90 Å². The van der Waals surface area contributed by atoms with Crippen LogP contribution in [0.1, 0.15) is 25.0 Å². The molecule has 0 aliphatic heterocycles. The van der Waals surface area contributed by atoms with Crippen molar-refractivity contribution in [2.75, 3.05) is 4.90 Å². The molecule has 1 aliphatic carbocycles. The first-order valence-corrected chi connectivity index (χ1v) is 17.0. The molecule has 2 heteroatoms. The van der Waals surface area contributed by atoms with Crippen molar-refractivity contribution in [1.82, 2.24) is 0 Å². The third kappa shape index (κ3) is 4.14. The molecule has 0 saturated carbocycles. The molecule has 0 spiro atoms. The van der Waals surface area contributed by atoms with Crippen LogP contribution in [0.4, 0.5) is 17.1 Å². The highest BCUT2D eigenvalue weighted by Gasteiger charge is 2.38. The molecule has 1 aliphatic rings. The van der Waals surface area contributed by atoms with Gasteiger partial charge in [-0.1, -0.05) is 141 Å². The minimum absolute atomic E-state index is 0.206. The van der Waals surface area contributed by atoms with Gasteiger partial charge in [0.15, 0.2) is 0 Å². The Balaban J connectivity index is 1.21. The topological polar surface area (TPSA) is 16.4 Å². The molecule has 10 rings (SSSR count). The molecule has 1 aromatic heterocycles. The fourth-order valence-electron chi connectivity index (χ4n) is 8.21. The quantitative estimate of drug-likeness (QED) is 0.181. The van der Waals surface area contributed by atoms with E-state index in [9.17, 15) is 0 Å². The molecule has 49 heavy (non-hydrogen) atoms. The van der Waals surface area contributed by atoms with Crippen molar-refractivity contribution in [3.63, 3.8) is 0 Å². The zero-order valence-electron chi connectivity index (χ0n) is 27.4. The number of nitrogens with zero attached hydrogens (tertiary/aromatic N) is 1. The molecular formula is C47H33NO. The number of furan rings is 1. The van der Waals surface area contributed by atoms with Crippen LogP contribution in [0.15, 0.2) is 168 Å². The lowest BCUT2D eigenvalue weighted by Gasteiger charge is -2.29. The normalized spacial score (nSPS) is 13.3. The van der Waals surface area contributed by atoms with E-state index < -0.39 is 0 Å². The lowest BCUT2D eigenvalue weighted by Crippen LogP contribution is -2.16. The Hall–Kier alpha value is -6.12. The summed E-state index contributed by atoms with van der Waals surface area (Å²) in [6.07, 6.45) is 0. The van der Waals surface area contributed by atoms with Crippen LogP contribution in [-0.2, 0) is 5.41 Å². The van der Waals surface area contributed by atoms with E-state index in [4.69, 9.17) is 4.42 Å². The van der Waals surface area contributed by atoms with Gasteiger partial charge in [-0.25, -0.2) is 0 Å². The molecule has 9 aromatic rings. The number of benzene rings is 8. The Labute approximate surface area is 285 Å². The van der Waals surface area contributed by atoms with E-state index >= 15 is 0 Å². The number of para-hydroxylation sites is 1. The third-order valence-corrected chi connectivity index (χ3v) is 10.6. The number of hydrogen-bond acceptors (Lipinski definition) is 2. The maximum atomic E-state index is 6.59. The highest BCUT2D eigenvalue weighted by molar-refractivity contribution is 6.15. The van der Waals surface area contributed by atoms with Gasteiger partial charge in [-0.15, -0.1) is 0 Å². The zero-order valence-corrected chi connectivity index (χ0v) is 27.4. The number of anilines is 3. The number of rotatable bonds is 4. The second-order valence-corrected chi connectivity index (χ2v) is 13.7. The largest absolute Gasteiger partial charge is 0.455 e. The second kappa shape index (κ2) is 10.4. The summed E-state index contributed by atoms with van der Waals surface area (Å²) in [6, 6.07) is 59.4. The van der Waals surface area contributed by atoms with Gasteiger partial charge in [-0.3, -0.25) is 0 Å². The maximum absolute atomic E-state index is 6.59. The fourth-order valence-corrected chi connectivity index (χ4v) is 8.21. The van der Waals surface area contributed by atoms with Crippen molar-refractivity contribution in [3.8, 4) is 22.3 Å². The van der Waals surface area contributed by atoms with Gasteiger partial charge in [-0.2, -0.15) is 0 Å². The predicted octanol–water partition coefficient (Wildman–Crippen LogP) is 13.3. The summed E-state index contributed by atoms with van der Waals surface area (Å²) in [6.45, 7) is 4.70. The average Bonchev–Trinajstić information content (AvgIpc) is 3.64. The highest BCUT2D eigenvalue weighted by Crippen LogP contribution is 2.54. The van der Waals surface area contributed by atoms with E-state index in [2.05, 4.69) is 176 Å². The maximum Gasteiger partial charge on any atom is 0.143 e. The predicted molar refractivity (Wildman–Crippen MR) is 206 cm³/mol. The summed E-state index contributed by atoms with van der Waals surface area (Å²) >= 11 is 0. The van der Waals surface area contributed by atoms with Crippen molar-refractivity contribution in [3.05, 3.63) is 175 Å². The van der Waals surface area contributed by atoms with Crippen LogP contribution in [-0.4, -0.2) is 0 Å². The highest BCUT2D eigenvalue weighted by atomic mass is 16.3. The van der Waals surface area contributed by atoms with Crippen LogP contribution >= 0.6 is 0 Å². The molecule has 0 bridgehead atoms. The molecule has 0 saturated heterocycles. The van der Waals surface area contributed by atoms with Gasteiger partial charge in [0.1, 0.15) is 11.2 Å². The molecule has 0 fully saturated rings. The second-order valence-electron chi connectivity index (χ2n) is 13.7. The summed E-state index contributed by atoms with van der Waals surface area (Å²) < 4.78 is 6.59. The van der Waals surface area contributed by atoms with Crippen molar-refractivity contribution < 1.29 is 4.42 Å². The minimum atomic E-state index is -0.206. The first-order valence-electron chi connectivity index (χ1n) is 17.0. The summed E-state index contributed by atoms with van der Waals surface area (Å²) in [5, 5.41) is 7.30. The van der Waals surface area contributed by atoms with E-state index in [1.54, 1.807) is 0 Å². The SMILES string of the molecule is CC1(C)c2cc(N(c3ccc(-c4ccccc4)cc3)c3cc4ccccc4c4ccccc34)ccc2-c2c1ccc1c2oc2ccccc21. The van der Waals surface area contributed by atoms with E-state index in [-0.39, 0.29) is 5.41 Å². The molecule has 232 valence electrons. The van der Waals surface area contributed by atoms with Gasteiger partial charge >= 0.3 is 0 Å². The first-order chi connectivity index (χ1) is 24.1. The van der Waals surface area contributed by atoms with Crippen molar-refractivity contribution in [2.45, 2.75) is 19.3 Å². The summed E-state index contributed by atoms with van der Waals surface area (Å²) in [5.41, 5.74) is 12.6. The van der Waals surface area contributed by atoms with Crippen molar-refractivity contribution >= 4 is 60.5 Å². The average molecular weight is 628 g/mol. The van der Waals surface area contributed by atoms with Gasteiger partial charge in [0.25, 0.3) is 0 Å². The molecule has 8 aromatic carbocycles. The first kappa shape index (κ1) is 27.9. The molecule has 0 atom stereocenters. The van der Waals surface area contributed by atoms with Gasteiger partial charge in [0, 0.05) is 38.5 Å². The fraction of sp³-hybridized carbons (Fsp3) is 0.0638. The van der Waals surface area contributed by atoms with Crippen LogP contribution in [0.5, 0.6) is 0 Å². The van der Waals surface area contributed by atoms with E-state index in [0.717, 1.165) is 33.6 Å². The van der Waals surface area contributed by atoms with Gasteiger partial charge < -0.3 is 9.32 Å². The van der Waals surface area contributed by atoms with Crippen LogP contribution in [0.3, 0.4) is 0 Å². The monoisotopic (exact) mass is 627 g/mol. The molecule has 0 unspecified atom stereocenters. The lowest BCUT2D eigenvalue weighted by molar-refractivity contribution is 0.653. The third-order valence-electron chi connectivity index (χ3n) is 10.6. The molecule has 0 N–H and O–H groups in total. The van der Waals surface area contributed by atoms with Crippen molar-refractivity contribution in [1.29, 1.82) is 0 Å². The van der Waals surface area contributed by atoms with Crippen LogP contribution in [0.25, 0.3) is 65.7 Å². The molecular weight excluding hydrogens is 595 g/mol. The van der Waals surface area contributed by atoms with Gasteiger partial charge in [0.2, 0.25) is 0 Å². The van der Waals surface area contributed by atoms with Gasteiger partial charge in [0.05, 0.1) is 5.69 Å². The zero-order chi connectivity index (χ0) is 32.7. The number of fused-ring (bicyclic) bond motifs is 10. The Morgan fingerprint density at radius 3 is 1.94 bits per heavy atom. The summed E-state index contributed by atoms with van der Waals surface area (Å²) in [5.74, 6) is 0. The van der Waals surface area contributed by atoms with Crippen LogP contribution in [0.2, 0.25) is 0 Å². The Bertz CT molecular complexity index is 2730. The lowest BCUT2D eigenvalue weighted by atomic mass is 9.82. The summed E-state index contributed by atoms with van der Waals surface area (Å²) in [7, 11) is 0. The molecule has 0 amide bonds. The molecule has 0 radical (unpaired) electrons. The Kier molecular flexibility index (Phi) is 5.95. The Morgan fingerprint density at radius 2 is 1.12 bits per heavy atom. The van der Waals surface area contributed by atoms with E-state index in [1.807, 2.05) is 6.07 Å². The standard InChI is InChI=1S/C47H33NO/c1-47(2)41-27-26-39-38-18-10-11-19-44(38)49-46(39)45(41)40-25-24-34(29-42(40)47)48(33-22-20-31(21-23-33)30-12-4-3-5-13-30)43-28-32-14-6-7-15-35(32)36-16-8-9-17-37(36)43/h3-29H,1-2H3. The Morgan fingerprint density at radius 1 is 0.469 bits per heavy atom. The van der Waals surface area contributed by atoms with E-state index in [0.29, 0.717) is 0 Å². The van der Waals surface area contributed by atoms with E-state index in [1.165, 1.54) is 60.3 Å². The molecule has 2 nitrogen and oxygen atoms in total. The number of hydrogen-bond donors (Lipinski definition) is 0. The van der Waals surface area contributed by atoms with Gasteiger partial charge in [-0.05, 0) is 80.4 Å². The minimum Gasteiger partial charge on any atom is -0.455 e. The smallest absolute Gasteiger partial charge is 0.143 e. The van der Waals surface area contributed by atoms with Crippen molar-refractivity contribution in [2.24, 2.45) is 0 Å². The molecule has 1 heterocycles. The summed E-state index contributed by atoms with van der Waals surface area (Å²) in [4.78, 5) is 2.44.